The Labute approximate surface area is 109 Å². The van der Waals surface area contributed by atoms with Crippen LogP contribution in [0.25, 0.3) is 0 Å². The van der Waals surface area contributed by atoms with Crippen LogP contribution in [0.1, 0.15) is 79.1 Å². The molecule has 1 nitrogen and oxygen atoms in total. The molecule has 0 aromatic carbocycles. The van der Waals surface area contributed by atoms with Gasteiger partial charge in [0.25, 0.3) is 0 Å². The van der Waals surface area contributed by atoms with E-state index in [0.717, 1.165) is 11.8 Å². The number of nitrogens with one attached hydrogen (secondary N) is 1. The first-order valence-electron chi connectivity index (χ1n) is 7.76. The maximum Gasteiger partial charge on any atom is 0.00966 e. The Morgan fingerprint density at radius 3 is 2.29 bits per heavy atom. The second kappa shape index (κ2) is 7.41. The van der Waals surface area contributed by atoms with Crippen molar-refractivity contribution in [3.63, 3.8) is 0 Å². The molecule has 17 heavy (non-hydrogen) atoms. The Hall–Kier alpha value is -0.0400. The van der Waals surface area contributed by atoms with Crippen molar-refractivity contribution in [3.8, 4) is 0 Å². The van der Waals surface area contributed by atoms with Crippen LogP contribution < -0.4 is 5.32 Å². The predicted octanol–water partition coefficient (Wildman–Crippen LogP) is 4.76. The van der Waals surface area contributed by atoms with Gasteiger partial charge >= 0.3 is 0 Å². The molecule has 1 aliphatic carbocycles. The Morgan fingerprint density at radius 1 is 1.12 bits per heavy atom. The van der Waals surface area contributed by atoms with E-state index in [2.05, 4.69) is 33.0 Å². The molecule has 1 fully saturated rings. The van der Waals surface area contributed by atoms with Gasteiger partial charge in [-0.1, -0.05) is 45.4 Å². The van der Waals surface area contributed by atoms with Gasteiger partial charge in [0, 0.05) is 5.54 Å². The smallest absolute Gasteiger partial charge is 0.00966 e. The van der Waals surface area contributed by atoms with Gasteiger partial charge in [-0.25, -0.2) is 0 Å². The maximum absolute atomic E-state index is 3.68. The molecule has 1 N–H and O–H groups in total. The molecule has 1 atom stereocenters. The van der Waals surface area contributed by atoms with Crippen LogP contribution in [0, 0.1) is 11.8 Å². The van der Waals surface area contributed by atoms with Crippen molar-refractivity contribution in [1.82, 2.24) is 5.32 Å². The third-order valence-electron chi connectivity index (χ3n) is 4.08. The van der Waals surface area contributed by atoms with Gasteiger partial charge < -0.3 is 5.32 Å². The van der Waals surface area contributed by atoms with Gasteiger partial charge in [0.05, 0.1) is 0 Å². The van der Waals surface area contributed by atoms with E-state index in [1.807, 2.05) is 0 Å². The normalized spacial score (nSPS) is 19.8. The Morgan fingerprint density at radius 2 is 1.76 bits per heavy atom. The summed E-state index contributed by atoms with van der Waals surface area (Å²) in [7, 11) is 0. The van der Waals surface area contributed by atoms with Gasteiger partial charge in [0.1, 0.15) is 0 Å². The molecule has 1 heteroatoms. The van der Waals surface area contributed by atoms with Gasteiger partial charge in [-0.3, -0.25) is 0 Å². The van der Waals surface area contributed by atoms with Gasteiger partial charge in [-0.2, -0.15) is 0 Å². The van der Waals surface area contributed by atoms with Crippen LogP contribution in [0.4, 0.5) is 0 Å². The van der Waals surface area contributed by atoms with E-state index in [0.29, 0.717) is 0 Å². The number of rotatable bonds is 7. The van der Waals surface area contributed by atoms with Gasteiger partial charge in [-0.05, 0) is 52.0 Å². The molecule has 0 aromatic rings. The zero-order valence-electron chi connectivity index (χ0n) is 12.5. The second-order valence-electron chi connectivity index (χ2n) is 7.01. The fourth-order valence-corrected chi connectivity index (χ4v) is 2.98. The summed E-state index contributed by atoms with van der Waals surface area (Å²) in [6, 6.07) is 0. The van der Waals surface area contributed by atoms with E-state index in [9.17, 15) is 0 Å². The monoisotopic (exact) mass is 239 g/mol. The maximum atomic E-state index is 3.68. The first-order valence-corrected chi connectivity index (χ1v) is 7.76. The largest absolute Gasteiger partial charge is 0.312 e. The summed E-state index contributed by atoms with van der Waals surface area (Å²) in [4.78, 5) is 0. The summed E-state index contributed by atoms with van der Waals surface area (Å²) < 4.78 is 0. The standard InChI is InChI=1S/C16H33N/c1-5-8-15(13-17-16(2,3)4)12-11-14-9-6-7-10-14/h14-15,17H,5-13H2,1-4H3. The molecule has 1 saturated carbocycles. The minimum Gasteiger partial charge on any atom is -0.312 e. The van der Waals surface area contributed by atoms with Crippen LogP contribution in [0.5, 0.6) is 0 Å². The minimum atomic E-state index is 0.277. The molecular weight excluding hydrogens is 206 g/mol. The molecule has 0 aliphatic heterocycles. The molecule has 0 heterocycles. The SMILES string of the molecule is CCCC(CCC1CCCC1)CNC(C)(C)C. The topological polar surface area (TPSA) is 12.0 Å². The van der Waals surface area contributed by atoms with Crippen molar-refractivity contribution in [3.05, 3.63) is 0 Å². The first kappa shape index (κ1) is 15.0. The highest BCUT2D eigenvalue weighted by atomic mass is 14.9. The third-order valence-corrected chi connectivity index (χ3v) is 4.08. The molecule has 0 radical (unpaired) electrons. The lowest BCUT2D eigenvalue weighted by molar-refractivity contribution is 0.320. The highest BCUT2D eigenvalue weighted by Crippen LogP contribution is 2.30. The van der Waals surface area contributed by atoms with Crippen molar-refractivity contribution >= 4 is 0 Å². The molecule has 102 valence electrons. The number of hydrogen-bond donors (Lipinski definition) is 1. The van der Waals surface area contributed by atoms with Crippen LogP contribution in [-0.4, -0.2) is 12.1 Å². The molecule has 0 saturated heterocycles. The lowest BCUT2D eigenvalue weighted by atomic mass is 9.91. The lowest BCUT2D eigenvalue weighted by Crippen LogP contribution is -2.39. The van der Waals surface area contributed by atoms with E-state index in [1.165, 1.54) is 57.9 Å². The summed E-state index contributed by atoms with van der Waals surface area (Å²) in [5.41, 5.74) is 0.277. The van der Waals surface area contributed by atoms with Crippen molar-refractivity contribution < 1.29 is 0 Å². The summed E-state index contributed by atoms with van der Waals surface area (Å²) in [6.07, 6.45) is 11.7. The zero-order valence-corrected chi connectivity index (χ0v) is 12.5. The number of hydrogen-bond acceptors (Lipinski definition) is 1. The quantitative estimate of drug-likeness (QED) is 0.675. The van der Waals surface area contributed by atoms with Crippen molar-refractivity contribution in [2.24, 2.45) is 11.8 Å². The molecular formula is C16H33N. The fourth-order valence-electron chi connectivity index (χ4n) is 2.98. The van der Waals surface area contributed by atoms with Crippen LogP contribution in [0.2, 0.25) is 0 Å². The molecule has 1 unspecified atom stereocenters. The van der Waals surface area contributed by atoms with E-state index in [-0.39, 0.29) is 5.54 Å². The van der Waals surface area contributed by atoms with Crippen LogP contribution in [0.15, 0.2) is 0 Å². The molecule has 1 aliphatic rings. The van der Waals surface area contributed by atoms with Gasteiger partial charge in [0.2, 0.25) is 0 Å². The van der Waals surface area contributed by atoms with Crippen molar-refractivity contribution in [2.75, 3.05) is 6.54 Å². The minimum absolute atomic E-state index is 0.277. The Balaban J connectivity index is 2.21. The molecule has 1 rings (SSSR count). The molecule has 0 aromatic heterocycles. The highest BCUT2D eigenvalue weighted by Gasteiger charge is 2.18. The van der Waals surface area contributed by atoms with Crippen molar-refractivity contribution in [1.29, 1.82) is 0 Å². The summed E-state index contributed by atoms with van der Waals surface area (Å²) >= 11 is 0. The average Bonchev–Trinajstić information content (AvgIpc) is 2.74. The second-order valence-corrected chi connectivity index (χ2v) is 7.01. The van der Waals surface area contributed by atoms with E-state index in [4.69, 9.17) is 0 Å². The van der Waals surface area contributed by atoms with Crippen LogP contribution >= 0.6 is 0 Å². The summed E-state index contributed by atoms with van der Waals surface area (Å²) in [5.74, 6) is 1.96. The van der Waals surface area contributed by atoms with E-state index in [1.54, 1.807) is 0 Å². The van der Waals surface area contributed by atoms with E-state index < -0.39 is 0 Å². The van der Waals surface area contributed by atoms with E-state index >= 15 is 0 Å². The Kier molecular flexibility index (Phi) is 6.54. The van der Waals surface area contributed by atoms with Crippen LogP contribution in [0.3, 0.4) is 0 Å². The third kappa shape index (κ3) is 7.08. The van der Waals surface area contributed by atoms with Crippen LogP contribution in [-0.2, 0) is 0 Å². The summed E-state index contributed by atoms with van der Waals surface area (Å²) in [6.45, 7) is 10.3. The average molecular weight is 239 g/mol. The molecule has 0 amide bonds. The highest BCUT2D eigenvalue weighted by molar-refractivity contribution is 4.75. The van der Waals surface area contributed by atoms with Gasteiger partial charge in [0.15, 0.2) is 0 Å². The first-order chi connectivity index (χ1) is 8.01. The predicted molar refractivity (Wildman–Crippen MR) is 77.3 cm³/mol. The fraction of sp³-hybridized carbons (Fsp3) is 1.00. The van der Waals surface area contributed by atoms with Crippen molar-refractivity contribution in [2.45, 2.75) is 84.6 Å². The lowest BCUT2D eigenvalue weighted by Gasteiger charge is -2.26. The zero-order chi connectivity index (χ0) is 12.7. The molecule has 0 spiro atoms. The van der Waals surface area contributed by atoms with Gasteiger partial charge in [-0.15, -0.1) is 0 Å². The summed E-state index contributed by atoms with van der Waals surface area (Å²) in [5, 5.41) is 3.68. The Bertz CT molecular complexity index is 186. The molecule has 0 bridgehead atoms.